The van der Waals surface area contributed by atoms with E-state index in [9.17, 15) is 9.59 Å². The van der Waals surface area contributed by atoms with Crippen molar-refractivity contribution in [3.05, 3.63) is 63.6 Å². The quantitative estimate of drug-likeness (QED) is 0.382. The maximum Gasteiger partial charge on any atom is 0.243 e. The van der Waals surface area contributed by atoms with Crippen molar-refractivity contribution in [1.29, 1.82) is 0 Å². The van der Waals surface area contributed by atoms with Crippen molar-refractivity contribution in [3.63, 3.8) is 0 Å². The molecule has 0 spiro atoms. The van der Waals surface area contributed by atoms with Crippen molar-refractivity contribution >= 4 is 46.8 Å². The Bertz CT molecular complexity index is 904. The second-order valence-corrected chi connectivity index (χ2v) is 9.60. The van der Waals surface area contributed by atoms with E-state index >= 15 is 0 Å². The lowest BCUT2D eigenvalue weighted by Crippen LogP contribution is -2.51. The molecule has 5 nitrogen and oxygen atoms in total. The lowest BCUT2D eigenvalue weighted by Gasteiger charge is -2.31. The summed E-state index contributed by atoms with van der Waals surface area (Å²) in [7, 11) is 1.61. The average molecular weight is 512 g/mol. The van der Waals surface area contributed by atoms with Crippen LogP contribution in [0.1, 0.15) is 44.7 Å². The van der Waals surface area contributed by atoms with E-state index in [0.717, 1.165) is 23.3 Å². The first-order chi connectivity index (χ1) is 15.8. The summed E-state index contributed by atoms with van der Waals surface area (Å²) in [5.41, 5.74) is 1.74. The van der Waals surface area contributed by atoms with Crippen molar-refractivity contribution in [1.82, 2.24) is 10.2 Å². The molecule has 0 saturated heterocycles. The van der Waals surface area contributed by atoms with Gasteiger partial charge in [-0.1, -0.05) is 55.2 Å². The SMILES string of the molecule is CC[C@H](C(=O)N[C@@H](C)CC)N(Cc1ccc(OC)cc1)C(=O)CSCc1c(Cl)cccc1Cl. The Balaban J connectivity index is 2.18. The summed E-state index contributed by atoms with van der Waals surface area (Å²) in [6, 6.07) is 12.4. The fourth-order valence-corrected chi connectivity index (χ4v) is 4.93. The molecule has 0 aliphatic rings. The van der Waals surface area contributed by atoms with Gasteiger partial charge in [0, 0.05) is 28.4 Å². The zero-order valence-corrected chi connectivity index (χ0v) is 21.9. The number of halogens is 2. The molecule has 0 aliphatic heterocycles. The van der Waals surface area contributed by atoms with Gasteiger partial charge in [-0.15, -0.1) is 11.8 Å². The van der Waals surface area contributed by atoms with Gasteiger partial charge in [-0.3, -0.25) is 9.59 Å². The Morgan fingerprint density at radius 3 is 2.24 bits per heavy atom. The van der Waals surface area contributed by atoms with Gasteiger partial charge in [0.05, 0.1) is 12.9 Å². The minimum atomic E-state index is -0.557. The summed E-state index contributed by atoms with van der Waals surface area (Å²) < 4.78 is 5.23. The molecule has 0 unspecified atom stereocenters. The topological polar surface area (TPSA) is 58.6 Å². The van der Waals surface area contributed by atoms with E-state index in [1.54, 1.807) is 30.2 Å². The molecular formula is C25H32Cl2N2O3S. The summed E-state index contributed by atoms with van der Waals surface area (Å²) in [5.74, 6) is 1.23. The number of nitrogens with zero attached hydrogens (tertiary/aromatic N) is 1. The number of thioether (sulfide) groups is 1. The van der Waals surface area contributed by atoms with Gasteiger partial charge in [-0.25, -0.2) is 0 Å². The molecule has 0 saturated carbocycles. The Morgan fingerprint density at radius 2 is 1.70 bits per heavy atom. The summed E-state index contributed by atoms with van der Waals surface area (Å²) in [4.78, 5) is 28.0. The Morgan fingerprint density at radius 1 is 1.06 bits per heavy atom. The zero-order valence-electron chi connectivity index (χ0n) is 19.6. The second kappa shape index (κ2) is 13.7. The van der Waals surface area contributed by atoms with Crippen LogP contribution in [-0.4, -0.2) is 41.7 Å². The first kappa shape index (κ1) is 27.4. The van der Waals surface area contributed by atoms with Crippen LogP contribution >= 0.6 is 35.0 Å². The van der Waals surface area contributed by atoms with Crippen molar-refractivity contribution in [3.8, 4) is 5.75 Å². The van der Waals surface area contributed by atoms with Gasteiger partial charge in [-0.2, -0.15) is 0 Å². The normalized spacial score (nSPS) is 12.7. The third-order valence-corrected chi connectivity index (χ3v) is 7.08. The average Bonchev–Trinajstić information content (AvgIpc) is 2.81. The smallest absolute Gasteiger partial charge is 0.243 e. The van der Waals surface area contributed by atoms with Gasteiger partial charge in [0.2, 0.25) is 11.8 Å². The molecular weight excluding hydrogens is 479 g/mol. The van der Waals surface area contributed by atoms with Crippen molar-refractivity contribution in [2.75, 3.05) is 12.9 Å². The van der Waals surface area contributed by atoms with Crippen LogP contribution in [0, 0.1) is 0 Å². The molecule has 0 fully saturated rings. The first-order valence-electron chi connectivity index (χ1n) is 11.0. The fraction of sp³-hybridized carbons (Fsp3) is 0.440. The summed E-state index contributed by atoms with van der Waals surface area (Å²) in [5, 5.41) is 4.18. The van der Waals surface area contributed by atoms with Gasteiger partial charge in [0.25, 0.3) is 0 Å². The highest BCUT2D eigenvalue weighted by Crippen LogP contribution is 2.28. The molecule has 180 valence electrons. The van der Waals surface area contributed by atoms with Crippen LogP contribution in [0.25, 0.3) is 0 Å². The van der Waals surface area contributed by atoms with Crippen LogP contribution in [0.15, 0.2) is 42.5 Å². The molecule has 0 aromatic heterocycles. The molecule has 2 aromatic rings. The number of benzene rings is 2. The van der Waals surface area contributed by atoms with Crippen LogP contribution in [0.4, 0.5) is 0 Å². The maximum atomic E-state index is 13.3. The van der Waals surface area contributed by atoms with Crippen molar-refractivity contribution in [2.24, 2.45) is 0 Å². The van der Waals surface area contributed by atoms with E-state index < -0.39 is 6.04 Å². The van der Waals surface area contributed by atoms with E-state index in [-0.39, 0.29) is 23.6 Å². The largest absolute Gasteiger partial charge is 0.497 e. The van der Waals surface area contributed by atoms with Crippen molar-refractivity contribution < 1.29 is 14.3 Å². The molecule has 2 atom stereocenters. The monoisotopic (exact) mass is 510 g/mol. The Kier molecular flexibility index (Phi) is 11.4. The number of methoxy groups -OCH3 is 1. The summed E-state index contributed by atoms with van der Waals surface area (Å²) in [6.07, 6.45) is 1.34. The second-order valence-electron chi connectivity index (χ2n) is 7.80. The van der Waals surface area contributed by atoms with Gasteiger partial charge >= 0.3 is 0 Å². The van der Waals surface area contributed by atoms with Crippen LogP contribution < -0.4 is 10.1 Å². The summed E-state index contributed by atoms with van der Waals surface area (Å²) >= 11 is 14.0. The number of carbonyl (C=O) groups excluding carboxylic acids is 2. The predicted octanol–water partition coefficient (Wildman–Crippen LogP) is 5.96. The molecule has 8 heteroatoms. The highest BCUT2D eigenvalue weighted by atomic mass is 35.5. The molecule has 33 heavy (non-hydrogen) atoms. The van der Waals surface area contributed by atoms with Gasteiger partial charge in [-0.05, 0) is 55.2 Å². The minimum absolute atomic E-state index is 0.0428. The van der Waals surface area contributed by atoms with Crippen LogP contribution in [0.2, 0.25) is 10.0 Å². The standard InChI is InChI=1S/C25H32Cl2N2O3S/c1-5-17(3)28-25(31)23(6-2)29(14-18-10-12-19(32-4)13-11-18)24(30)16-33-15-20-21(26)8-7-9-22(20)27/h7-13,17,23H,5-6,14-16H2,1-4H3,(H,28,31)/t17-,23+/m0/s1. The minimum Gasteiger partial charge on any atom is -0.497 e. The zero-order chi connectivity index (χ0) is 24.4. The molecule has 2 rings (SSSR count). The lowest BCUT2D eigenvalue weighted by molar-refractivity contribution is -0.139. The molecule has 0 radical (unpaired) electrons. The maximum absolute atomic E-state index is 13.3. The number of nitrogens with one attached hydrogen (secondary N) is 1. The molecule has 1 N–H and O–H groups in total. The number of rotatable bonds is 12. The number of ether oxygens (including phenoxy) is 1. The fourth-order valence-electron chi connectivity index (χ4n) is 3.28. The van der Waals surface area contributed by atoms with Crippen LogP contribution in [0.3, 0.4) is 0 Å². The van der Waals surface area contributed by atoms with E-state index in [1.165, 1.54) is 11.8 Å². The van der Waals surface area contributed by atoms with E-state index in [0.29, 0.717) is 28.8 Å². The Labute approximate surface area is 211 Å². The molecule has 0 heterocycles. The summed E-state index contributed by atoms with van der Waals surface area (Å²) in [6.45, 7) is 6.24. The van der Waals surface area contributed by atoms with Crippen LogP contribution in [-0.2, 0) is 21.9 Å². The number of hydrogen-bond donors (Lipinski definition) is 1. The van der Waals surface area contributed by atoms with E-state index in [1.807, 2.05) is 45.0 Å². The number of amides is 2. The lowest BCUT2D eigenvalue weighted by atomic mass is 10.1. The third-order valence-electron chi connectivity index (χ3n) is 5.43. The third kappa shape index (κ3) is 8.13. The highest BCUT2D eigenvalue weighted by Gasteiger charge is 2.29. The van der Waals surface area contributed by atoms with E-state index in [2.05, 4.69) is 5.32 Å². The van der Waals surface area contributed by atoms with E-state index in [4.69, 9.17) is 27.9 Å². The van der Waals surface area contributed by atoms with Crippen molar-refractivity contribution in [2.45, 2.75) is 58.0 Å². The number of carbonyl (C=O) groups is 2. The van der Waals surface area contributed by atoms with Crippen LogP contribution in [0.5, 0.6) is 5.75 Å². The molecule has 2 aromatic carbocycles. The van der Waals surface area contributed by atoms with Gasteiger partial charge < -0.3 is 15.0 Å². The van der Waals surface area contributed by atoms with Gasteiger partial charge in [0.15, 0.2) is 0 Å². The Hall–Kier alpha value is -1.89. The molecule has 0 bridgehead atoms. The van der Waals surface area contributed by atoms with Gasteiger partial charge in [0.1, 0.15) is 11.8 Å². The highest BCUT2D eigenvalue weighted by molar-refractivity contribution is 7.99. The molecule has 0 aliphatic carbocycles. The number of hydrogen-bond acceptors (Lipinski definition) is 4. The first-order valence-corrected chi connectivity index (χ1v) is 12.9. The molecule has 2 amide bonds. The predicted molar refractivity (Wildman–Crippen MR) is 138 cm³/mol.